The maximum atomic E-state index is 13.8. The number of benzene rings is 2. The van der Waals surface area contributed by atoms with Crippen LogP contribution in [-0.4, -0.2) is 24.6 Å². The van der Waals surface area contributed by atoms with Crippen LogP contribution in [0.1, 0.15) is 41.7 Å². The molecule has 164 valence electrons. The number of hydrogen-bond acceptors (Lipinski definition) is 6. The van der Waals surface area contributed by atoms with Gasteiger partial charge in [0.15, 0.2) is 23.0 Å². The van der Waals surface area contributed by atoms with Gasteiger partial charge in [0.2, 0.25) is 5.89 Å². The summed E-state index contributed by atoms with van der Waals surface area (Å²) in [6.07, 6.45) is 0. The number of halogens is 2. The van der Waals surface area contributed by atoms with Crippen LogP contribution < -0.4 is 20.5 Å². The van der Waals surface area contributed by atoms with Crippen LogP contribution in [0.15, 0.2) is 40.8 Å². The van der Waals surface area contributed by atoms with Crippen molar-refractivity contribution in [3.63, 3.8) is 0 Å². The Morgan fingerprint density at radius 1 is 1.23 bits per heavy atom. The molecule has 0 aliphatic rings. The summed E-state index contributed by atoms with van der Waals surface area (Å²) in [6, 6.07) is 7.91. The van der Waals surface area contributed by atoms with Gasteiger partial charge in [0.25, 0.3) is 5.91 Å². The van der Waals surface area contributed by atoms with Crippen LogP contribution in [0.25, 0.3) is 11.5 Å². The van der Waals surface area contributed by atoms with Gasteiger partial charge in [0.05, 0.1) is 19.8 Å². The lowest BCUT2D eigenvalue weighted by Crippen LogP contribution is -2.26. The van der Waals surface area contributed by atoms with Crippen molar-refractivity contribution in [1.82, 2.24) is 10.3 Å². The third-order valence-corrected chi connectivity index (χ3v) is 4.48. The van der Waals surface area contributed by atoms with Crippen LogP contribution in [-0.2, 0) is 6.54 Å². The molecule has 0 radical (unpaired) electrons. The number of nitrogens with zero attached hydrogens (tertiary/aromatic N) is 1. The fraction of sp³-hybridized carbons (Fsp3) is 0.273. The van der Waals surface area contributed by atoms with Crippen molar-refractivity contribution in [2.45, 2.75) is 26.4 Å². The topological polar surface area (TPSA) is 99.6 Å². The fourth-order valence-electron chi connectivity index (χ4n) is 2.96. The van der Waals surface area contributed by atoms with E-state index >= 15 is 0 Å². The van der Waals surface area contributed by atoms with Crippen LogP contribution in [0.5, 0.6) is 11.5 Å². The van der Waals surface area contributed by atoms with Crippen LogP contribution >= 0.6 is 0 Å². The number of nitrogens with one attached hydrogen (secondary N) is 1. The SMILES string of the molecule is CCOc1cc(-c2nc(C(=O)NCc3c(F)cccc3F)c(C(C)N)o2)ccc1OC. The molecule has 0 saturated heterocycles. The molecule has 3 N–H and O–H groups in total. The molecule has 0 fully saturated rings. The predicted octanol–water partition coefficient (Wildman–Crippen LogP) is 3.98. The zero-order valence-corrected chi connectivity index (χ0v) is 17.4. The molecule has 0 bridgehead atoms. The maximum Gasteiger partial charge on any atom is 0.273 e. The Balaban J connectivity index is 1.90. The molecule has 1 heterocycles. The number of aromatic nitrogens is 1. The van der Waals surface area contributed by atoms with Gasteiger partial charge in [0.1, 0.15) is 11.6 Å². The molecule has 0 spiro atoms. The van der Waals surface area contributed by atoms with E-state index < -0.39 is 23.6 Å². The summed E-state index contributed by atoms with van der Waals surface area (Å²) < 4.78 is 44.2. The average Bonchev–Trinajstić information content (AvgIpc) is 3.19. The van der Waals surface area contributed by atoms with Crippen LogP contribution in [0.2, 0.25) is 0 Å². The highest BCUT2D eigenvalue weighted by Crippen LogP contribution is 2.33. The van der Waals surface area contributed by atoms with E-state index in [4.69, 9.17) is 19.6 Å². The molecule has 7 nitrogen and oxygen atoms in total. The van der Waals surface area contributed by atoms with E-state index in [-0.39, 0.29) is 29.5 Å². The minimum atomic E-state index is -0.754. The standard InChI is InChI=1S/C22H23F2N3O4/c1-4-30-18-10-13(8-9-17(18)29-3)22-27-19(20(31-22)12(2)25)21(28)26-11-14-15(23)6-5-7-16(14)24/h5-10,12H,4,11,25H2,1-3H3,(H,26,28). The Morgan fingerprint density at radius 2 is 1.94 bits per heavy atom. The second-order valence-corrected chi connectivity index (χ2v) is 6.70. The van der Waals surface area contributed by atoms with Crippen molar-refractivity contribution in [2.75, 3.05) is 13.7 Å². The summed E-state index contributed by atoms with van der Waals surface area (Å²) in [7, 11) is 1.53. The van der Waals surface area contributed by atoms with Crippen LogP contribution in [0.3, 0.4) is 0 Å². The number of oxazole rings is 1. The van der Waals surface area contributed by atoms with Gasteiger partial charge < -0.3 is 24.9 Å². The molecule has 3 rings (SSSR count). The highest BCUT2D eigenvalue weighted by molar-refractivity contribution is 5.94. The lowest BCUT2D eigenvalue weighted by Gasteiger charge is -2.09. The number of methoxy groups -OCH3 is 1. The van der Waals surface area contributed by atoms with Gasteiger partial charge >= 0.3 is 0 Å². The number of amides is 1. The number of ether oxygens (including phenoxy) is 2. The Labute approximate surface area is 178 Å². The molecule has 0 saturated carbocycles. The number of carbonyl (C=O) groups excluding carboxylic acids is 1. The minimum Gasteiger partial charge on any atom is -0.493 e. The fourth-order valence-corrected chi connectivity index (χ4v) is 2.96. The number of rotatable bonds is 8. The van der Waals surface area contributed by atoms with Gasteiger partial charge in [-0.1, -0.05) is 6.07 Å². The van der Waals surface area contributed by atoms with Gasteiger partial charge in [-0.3, -0.25) is 4.79 Å². The molecule has 0 aliphatic heterocycles. The molecular weight excluding hydrogens is 408 g/mol. The first-order chi connectivity index (χ1) is 14.8. The second kappa shape index (κ2) is 9.57. The summed E-state index contributed by atoms with van der Waals surface area (Å²) in [5.41, 5.74) is 6.18. The molecule has 0 aliphatic carbocycles. The quantitative estimate of drug-likeness (QED) is 0.560. The van der Waals surface area contributed by atoms with Crippen molar-refractivity contribution in [1.29, 1.82) is 0 Å². The Bertz CT molecular complexity index is 1060. The van der Waals surface area contributed by atoms with E-state index in [1.807, 2.05) is 6.92 Å². The summed E-state index contributed by atoms with van der Waals surface area (Å²) in [4.78, 5) is 17.0. The molecule has 1 aromatic heterocycles. The van der Waals surface area contributed by atoms with Crippen molar-refractivity contribution in [3.05, 3.63) is 65.1 Å². The summed E-state index contributed by atoms with van der Waals surface area (Å²) in [5, 5.41) is 2.47. The third kappa shape index (κ3) is 4.83. The van der Waals surface area contributed by atoms with Gasteiger partial charge in [0, 0.05) is 17.7 Å². The van der Waals surface area contributed by atoms with Gasteiger partial charge in [-0.2, -0.15) is 0 Å². The van der Waals surface area contributed by atoms with Crippen molar-refractivity contribution in [3.8, 4) is 23.0 Å². The minimum absolute atomic E-state index is 0.0597. The lowest BCUT2D eigenvalue weighted by molar-refractivity contribution is 0.0943. The third-order valence-electron chi connectivity index (χ3n) is 4.48. The average molecular weight is 431 g/mol. The van der Waals surface area contributed by atoms with Gasteiger partial charge in [-0.15, -0.1) is 0 Å². The molecule has 31 heavy (non-hydrogen) atoms. The Morgan fingerprint density at radius 3 is 2.55 bits per heavy atom. The van der Waals surface area contributed by atoms with Crippen LogP contribution in [0, 0.1) is 11.6 Å². The lowest BCUT2D eigenvalue weighted by atomic mass is 10.2. The van der Waals surface area contributed by atoms with E-state index in [0.717, 1.165) is 12.1 Å². The smallest absolute Gasteiger partial charge is 0.273 e. The van der Waals surface area contributed by atoms with E-state index in [1.54, 1.807) is 25.1 Å². The van der Waals surface area contributed by atoms with Gasteiger partial charge in [-0.05, 0) is 44.2 Å². The number of hydrogen-bond donors (Lipinski definition) is 2. The van der Waals surface area contributed by atoms with Crippen molar-refractivity contribution >= 4 is 5.91 Å². The van der Waals surface area contributed by atoms with Crippen molar-refractivity contribution in [2.24, 2.45) is 5.73 Å². The van der Waals surface area contributed by atoms with Gasteiger partial charge in [-0.25, -0.2) is 13.8 Å². The molecule has 1 unspecified atom stereocenters. The van der Waals surface area contributed by atoms with E-state index in [9.17, 15) is 13.6 Å². The first kappa shape index (κ1) is 22.2. The molecule has 1 atom stereocenters. The zero-order valence-electron chi connectivity index (χ0n) is 17.4. The first-order valence-electron chi connectivity index (χ1n) is 9.64. The first-order valence-corrected chi connectivity index (χ1v) is 9.64. The zero-order chi connectivity index (χ0) is 22.5. The maximum absolute atomic E-state index is 13.8. The molecule has 2 aromatic carbocycles. The molecule has 1 amide bonds. The predicted molar refractivity (Wildman–Crippen MR) is 110 cm³/mol. The van der Waals surface area contributed by atoms with E-state index in [1.165, 1.54) is 13.2 Å². The largest absolute Gasteiger partial charge is 0.493 e. The Hall–Kier alpha value is -3.46. The normalized spacial score (nSPS) is 11.8. The summed E-state index contributed by atoms with van der Waals surface area (Å²) in [5.74, 6) is -0.846. The van der Waals surface area contributed by atoms with E-state index in [0.29, 0.717) is 23.7 Å². The van der Waals surface area contributed by atoms with Crippen molar-refractivity contribution < 1.29 is 27.5 Å². The second-order valence-electron chi connectivity index (χ2n) is 6.70. The molecule has 3 aromatic rings. The highest BCUT2D eigenvalue weighted by Gasteiger charge is 2.24. The monoisotopic (exact) mass is 431 g/mol. The van der Waals surface area contributed by atoms with E-state index in [2.05, 4.69) is 10.3 Å². The number of carbonyl (C=O) groups is 1. The number of nitrogens with two attached hydrogens (primary N) is 1. The summed E-state index contributed by atoms with van der Waals surface area (Å²) >= 11 is 0. The molecular formula is C22H23F2N3O4. The summed E-state index contributed by atoms with van der Waals surface area (Å²) in [6.45, 7) is 3.55. The van der Waals surface area contributed by atoms with Crippen LogP contribution in [0.4, 0.5) is 8.78 Å². The highest BCUT2D eigenvalue weighted by atomic mass is 19.1. The molecule has 9 heteroatoms. The Kier molecular flexibility index (Phi) is 6.86.